The summed E-state index contributed by atoms with van der Waals surface area (Å²) < 4.78 is 53.0. The van der Waals surface area contributed by atoms with Crippen molar-refractivity contribution < 1.29 is 22.4 Å². The third kappa shape index (κ3) is 5.69. The molecule has 0 radical (unpaired) electrons. The van der Waals surface area contributed by atoms with Crippen LogP contribution in [0.1, 0.15) is 38.5 Å². The topological polar surface area (TPSA) is 23.6 Å². The third-order valence-electron chi connectivity index (χ3n) is 6.58. The van der Waals surface area contributed by atoms with Gasteiger partial charge in [0, 0.05) is 37.2 Å². The summed E-state index contributed by atoms with van der Waals surface area (Å²) in [4.78, 5) is 16.9. The highest BCUT2D eigenvalue weighted by Crippen LogP contribution is 2.36. The van der Waals surface area contributed by atoms with Gasteiger partial charge in [0.2, 0.25) is 0 Å². The molecule has 1 aliphatic rings. The van der Waals surface area contributed by atoms with Gasteiger partial charge in [0.1, 0.15) is 5.82 Å². The average molecular weight is 539 g/mol. The fourth-order valence-corrected chi connectivity index (χ4v) is 4.95. The zero-order valence-electron chi connectivity index (χ0n) is 19.6. The van der Waals surface area contributed by atoms with Crippen molar-refractivity contribution >= 4 is 29.1 Å². The van der Waals surface area contributed by atoms with Gasteiger partial charge >= 0.3 is 6.18 Å². The molecule has 1 saturated heterocycles. The van der Waals surface area contributed by atoms with E-state index in [9.17, 15) is 22.4 Å². The van der Waals surface area contributed by atoms with E-state index in [0.29, 0.717) is 34.3 Å². The van der Waals surface area contributed by atoms with Crippen LogP contribution in [0.15, 0.2) is 60.7 Å². The number of amides is 1. The van der Waals surface area contributed by atoms with Crippen molar-refractivity contribution in [2.75, 3.05) is 20.1 Å². The minimum Gasteiger partial charge on any atom is -0.336 e. The van der Waals surface area contributed by atoms with Crippen molar-refractivity contribution in [3.63, 3.8) is 0 Å². The Hall–Kier alpha value is -2.61. The summed E-state index contributed by atoms with van der Waals surface area (Å²) in [6, 6.07) is 15.4. The van der Waals surface area contributed by atoms with E-state index in [2.05, 4.69) is 0 Å². The molecule has 2 atom stereocenters. The van der Waals surface area contributed by atoms with Gasteiger partial charge in [-0.25, -0.2) is 4.39 Å². The van der Waals surface area contributed by atoms with Gasteiger partial charge < -0.3 is 4.90 Å². The second-order valence-corrected chi connectivity index (χ2v) is 9.97. The number of halogens is 6. The van der Waals surface area contributed by atoms with E-state index in [-0.39, 0.29) is 24.4 Å². The van der Waals surface area contributed by atoms with Gasteiger partial charge in [-0.3, -0.25) is 9.69 Å². The van der Waals surface area contributed by atoms with E-state index in [1.165, 1.54) is 6.07 Å². The first-order chi connectivity index (χ1) is 16.9. The monoisotopic (exact) mass is 538 g/mol. The lowest BCUT2D eigenvalue weighted by atomic mass is 9.93. The van der Waals surface area contributed by atoms with Crippen LogP contribution in [0.2, 0.25) is 10.0 Å². The number of alkyl halides is 3. The molecule has 1 amide bonds. The number of carbonyl (C=O) groups excluding carboxylic acids is 1. The first-order valence-corrected chi connectivity index (χ1v) is 12.1. The molecule has 0 spiro atoms. The maximum Gasteiger partial charge on any atom is 0.419 e. The molecule has 0 unspecified atom stereocenters. The van der Waals surface area contributed by atoms with Gasteiger partial charge in [-0.15, -0.1) is 0 Å². The van der Waals surface area contributed by atoms with Crippen LogP contribution < -0.4 is 0 Å². The molecule has 1 heterocycles. The van der Waals surface area contributed by atoms with Crippen LogP contribution >= 0.6 is 23.2 Å². The molecule has 190 valence electrons. The molecule has 1 fully saturated rings. The molecule has 4 rings (SSSR count). The Morgan fingerprint density at radius 1 is 1.00 bits per heavy atom. The van der Waals surface area contributed by atoms with Gasteiger partial charge in [0.05, 0.1) is 15.6 Å². The van der Waals surface area contributed by atoms with Crippen molar-refractivity contribution in [2.24, 2.45) is 0 Å². The molecular formula is C27H24Cl2F4N2O. The molecule has 3 aromatic carbocycles. The summed E-state index contributed by atoms with van der Waals surface area (Å²) >= 11 is 12.4. The van der Waals surface area contributed by atoms with E-state index in [0.717, 1.165) is 23.3 Å². The Balaban J connectivity index is 1.61. The standard InChI is InChI=1S/C27H24Cl2F4N2O/c1-16-3-6-18(7-4-16)26(36)35-14-20(19-8-10-22(28)23(29)12-19)25(15-35)34(2)13-17-5-9-21(24(30)11-17)27(31,32)33/h3-12,20,25H,13-15H2,1-2H3/t20-,25+/m1/s1. The van der Waals surface area contributed by atoms with Gasteiger partial charge in [0.25, 0.3) is 5.91 Å². The Bertz CT molecular complexity index is 1260. The molecule has 0 aliphatic carbocycles. The van der Waals surface area contributed by atoms with E-state index in [4.69, 9.17) is 23.2 Å². The van der Waals surface area contributed by atoms with Crippen LogP contribution in [0.4, 0.5) is 17.6 Å². The van der Waals surface area contributed by atoms with Crippen molar-refractivity contribution in [2.45, 2.75) is 31.6 Å². The predicted molar refractivity (Wildman–Crippen MR) is 133 cm³/mol. The van der Waals surface area contributed by atoms with E-state index >= 15 is 0 Å². The number of hydrogen-bond acceptors (Lipinski definition) is 2. The predicted octanol–water partition coefficient (Wildman–Crippen LogP) is 7.20. The minimum absolute atomic E-state index is 0.114. The van der Waals surface area contributed by atoms with Crippen molar-refractivity contribution in [3.05, 3.63) is 104 Å². The highest BCUT2D eigenvalue weighted by atomic mass is 35.5. The largest absolute Gasteiger partial charge is 0.419 e. The molecule has 0 N–H and O–H groups in total. The molecule has 0 aromatic heterocycles. The van der Waals surface area contributed by atoms with Crippen LogP contribution in [0, 0.1) is 12.7 Å². The first-order valence-electron chi connectivity index (χ1n) is 11.3. The molecule has 3 nitrogen and oxygen atoms in total. The summed E-state index contributed by atoms with van der Waals surface area (Å²) in [5.74, 6) is -1.56. The summed E-state index contributed by atoms with van der Waals surface area (Å²) in [5, 5.41) is 0.805. The lowest BCUT2D eigenvalue weighted by Crippen LogP contribution is -2.38. The Morgan fingerprint density at radius 2 is 1.69 bits per heavy atom. The Morgan fingerprint density at radius 3 is 2.31 bits per heavy atom. The highest BCUT2D eigenvalue weighted by molar-refractivity contribution is 6.42. The number of aryl methyl sites for hydroxylation is 1. The zero-order valence-corrected chi connectivity index (χ0v) is 21.1. The molecular weight excluding hydrogens is 515 g/mol. The van der Waals surface area contributed by atoms with Crippen LogP contribution in [0.3, 0.4) is 0 Å². The Kier molecular flexibility index (Phi) is 7.64. The summed E-state index contributed by atoms with van der Waals surface area (Å²) in [6.07, 6.45) is -4.75. The summed E-state index contributed by atoms with van der Waals surface area (Å²) in [6.45, 7) is 2.95. The van der Waals surface area contributed by atoms with Crippen molar-refractivity contribution in [3.8, 4) is 0 Å². The summed E-state index contributed by atoms with van der Waals surface area (Å²) in [7, 11) is 1.81. The number of carbonyl (C=O) groups is 1. The van der Waals surface area contributed by atoms with Crippen molar-refractivity contribution in [1.29, 1.82) is 0 Å². The molecule has 3 aromatic rings. The maximum atomic E-state index is 14.2. The molecule has 0 bridgehead atoms. The average Bonchev–Trinajstić information content (AvgIpc) is 3.26. The minimum atomic E-state index is -4.75. The first kappa shape index (κ1) is 26.5. The zero-order chi connectivity index (χ0) is 26.2. The SMILES string of the molecule is Cc1ccc(C(=O)N2C[C@H](c3ccc(Cl)c(Cl)c3)[C@@H](N(C)Cc3ccc(C(F)(F)F)c(F)c3)C2)cc1. The van der Waals surface area contributed by atoms with Gasteiger partial charge in [0.15, 0.2) is 0 Å². The quantitative estimate of drug-likeness (QED) is 0.320. The Labute approximate surface area is 217 Å². The molecule has 0 saturated carbocycles. The van der Waals surface area contributed by atoms with Gasteiger partial charge in [-0.1, -0.05) is 53.0 Å². The van der Waals surface area contributed by atoms with Crippen LogP contribution in [-0.2, 0) is 12.7 Å². The fourth-order valence-electron chi connectivity index (χ4n) is 4.64. The summed E-state index contributed by atoms with van der Waals surface area (Å²) in [5.41, 5.74) is 1.61. The van der Waals surface area contributed by atoms with Gasteiger partial charge in [-0.05, 0) is 61.5 Å². The molecule has 9 heteroatoms. The maximum absolute atomic E-state index is 14.2. The molecule has 36 heavy (non-hydrogen) atoms. The van der Waals surface area contributed by atoms with E-state index < -0.39 is 17.6 Å². The van der Waals surface area contributed by atoms with Crippen LogP contribution in [0.5, 0.6) is 0 Å². The van der Waals surface area contributed by atoms with Gasteiger partial charge in [-0.2, -0.15) is 13.2 Å². The normalized spacial score (nSPS) is 18.2. The third-order valence-corrected chi connectivity index (χ3v) is 7.32. The number of likely N-dealkylation sites (N-methyl/N-ethyl adjacent to an activating group) is 1. The van der Waals surface area contributed by atoms with Crippen LogP contribution in [-0.4, -0.2) is 41.9 Å². The fraction of sp³-hybridized carbons (Fsp3) is 0.296. The lowest BCUT2D eigenvalue weighted by Gasteiger charge is -2.29. The number of benzene rings is 3. The number of likely N-dealkylation sites (tertiary alicyclic amines) is 1. The molecule has 1 aliphatic heterocycles. The number of hydrogen-bond donors (Lipinski definition) is 0. The van der Waals surface area contributed by atoms with E-state index in [1.54, 1.807) is 29.2 Å². The van der Waals surface area contributed by atoms with Crippen LogP contribution in [0.25, 0.3) is 0 Å². The highest BCUT2D eigenvalue weighted by Gasteiger charge is 2.39. The number of rotatable bonds is 5. The van der Waals surface area contributed by atoms with Crippen molar-refractivity contribution in [1.82, 2.24) is 9.80 Å². The number of nitrogens with zero attached hydrogens (tertiary/aromatic N) is 2. The van der Waals surface area contributed by atoms with E-state index in [1.807, 2.05) is 37.1 Å². The smallest absolute Gasteiger partial charge is 0.336 e. The second kappa shape index (κ2) is 10.4. The second-order valence-electron chi connectivity index (χ2n) is 9.15. The lowest BCUT2D eigenvalue weighted by molar-refractivity contribution is -0.140.